The van der Waals surface area contributed by atoms with Crippen molar-refractivity contribution >= 4 is 29.3 Å². The van der Waals surface area contributed by atoms with E-state index in [9.17, 15) is 4.79 Å². The zero-order valence-electron chi connectivity index (χ0n) is 15.1. The SMILES string of the molecule is O=C(/C=C/c1ccccc1)N1NC(c2ccccc2)=C[C@@H]1c1ccc(Cl)cc1. The van der Waals surface area contributed by atoms with Gasteiger partial charge in [0.25, 0.3) is 5.91 Å². The number of hydrazine groups is 1. The Balaban J connectivity index is 1.63. The van der Waals surface area contributed by atoms with E-state index in [1.807, 2.05) is 91.0 Å². The van der Waals surface area contributed by atoms with Crippen molar-refractivity contribution in [1.82, 2.24) is 10.4 Å². The Morgan fingerprint density at radius 3 is 2.21 bits per heavy atom. The molecule has 0 aliphatic carbocycles. The van der Waals surface area contributed by atoms with Gasteiger partial charge in [-0.3, -0.25) is 10.2 Å². The fourth-order valence-electron chi connectivity index (χ4n) is 3.16. The lowest BCUT2D eigenvalue weighted by molar-refractivity contribution is -0.129. The highest BCUT2D eigenvalue weighted by atomic mass is 35.5. The van der Waals surface area contributed by atoms with E-state index in [4.69, 9.17) is 11.6 Å². The molecule has 0 saturated carbocycles. The third kappa shape index (κ3) is 4.00. The lowest BCUT2D eigenvalue weighted by atomic mass is 10.0. The first-order valence-electron chi connectivity index (χ1n) is 9.06. The maximum Gasteiger partial charge on any atom is 0.265 e. The predicted molar refractivity (Wildman–Crippen MR) is 114 cm³/mol. The highest BCUT2D eigenvalue weighted by Crippen LogP contribution is 2.32. The fourth-order valence-corrected chi connectivity index (χ4v) is 3.28. The summed E-state index contributed by atoms with van der Waals surface area (Å²) in [6.45, 7) is 0. The van der Waals surface area contributed by atoms with E-state index in [1.54, 1.807) is 11.1 Å². The van der Waals surface area contributed by atoms with E-state index in [-0.39, 0.29) is 11.9 Å². The van der Waals surface area contributed by atoms with Crippen LogP contribution in [-0.4, -0.2) is 10.9 Å². The Morgan fingerprint density at radius 1 is 0.893 bits per heavy atom. The first kappa shape index (κ1) is 18.1. The number of rotatable bonds is 4. The van der Waals surface area contributed by atoms with Crippen molar-refractivity contribution in [1.29, 1.82) is 0 Å². The summed E-state index contributed by atoms with van der Waals surface area (Å²) < 4.78 is 0. The zero-order chi connectivity index (χ0) is 19.3. The molecule has 1 aliphatic heterocycles. The van der Waals surface area contributed by atoms with Crippen molar-refractivity contribution in [2.24, 2.45) is 0 Å². The summed E-state index contributed by atoms with van der Waals surface area (Å²) in [4.78, 5) is 13.0. The van der Waals surface area contributed by atoms with Crippen LogP contribution < -0.4 is 5.43 Å². The Bertz CT molecular complexity index is 1010. The maximum atomic E-state index is 13.0. The van der Waals surface area contributed by atoms with Crippen molar-refractivity contribution in [3.63, 3.8) is 0 Å². The van der Waals surface area contributed by atoms with Gasteiger partial charge in [-0.1, -0.05) is 84.4 Å². The van der Waals surface area contributed by atoms with Gasteiger partial charge in [-0.2, -0.15) is 0 Å². The number of hydrogen-bond acceptors (Lipinski definition) is 2. The molecule has 4 rings (SSSR count). The molecule has 28 heavy (non-hydrogen) atoms. The van der Waals surface area contributed by atoms with Crippen LogP contribution in [0, 0.1) is 0 Å². The molecule has 0 spiro atoms. The minimum atomic E-state index is -0.222. The lowest BCUT2D eigenvalue weighted by Gasteiger charge is -2.24. The molecule has 0 saturated heterocycles. The zero-order valence-corrected chi connectivity index (χ0v) is 15.9. The molecule has 0 bridgehead atoms. The summed E-state index contributed by atoms with van der Waals surface area (Å²) in [6, 6.07) is 27.1. The van der Waals surface area contributed by atoms with Crippen LogP contribution in [0.4, 0.5) is 0 Å². The van der Waals surface area contributed by atoms with Gasteiger partial charge in [-0.25, -0.2) is 5.01 Å². The molecule has 1 amide bonds. The van der Waals surface area contributed by atoms with Crippen LogP contribution in [0.1, 0.15) is 22.7 Å². The maximum absolute atomic E-state index is 13.0. The van der Waals surface area contributed by atoms with Crippen LogP contribution in [-0.2, 0) is 4.79 Å². The average molecular weight is 387 g/mol. The van der Waals surface area contributed by atoms with Crippen molar-refractivity contribution < 1.29 is 4.79 Å². The molecule has 1 atom stereocenters. The normalized spacial score (nSPS) is 16.1. The number of hydrogen-bond donors (Lipinski definition) is 1. The van der Waals surface area contributed by atoms with Crippen molar-refractivity contribution in [2.75, 3.05) is 0 Å². The van der Waals surface area contributed by atoms with Gasteiger partial charge in [-0.05, 0) is 41.0 Å². The number of nitrogens with zero attached hydrogens (tertiary/aromatic N) is 1. The Hall–Kier alpha value is -3.30. The van der Waals surface area contributed by atoms with Crippen molar-refractivity contribution in [2.45, 2.75) is 6.04 Å². The van der Waals surface area contributed by atoms with Gasteiger partial charge < -0.3 is 0 Å². The number of nitrogens with one attached hydrogen (secondary N) is 1. The van der Waals surface area contributed by atoms with E-state index < -0.39 is 0 Å². The molecule has 4 heteroatoms. The van der Waals surface area contributed by atoms with Gasteiger partial charge in [0.05, 0.1) is 11.7 Å². The summed E-state index contributed by atoms with van der Waals surface area (Å²) in [5.41, 5.74) is 7.17. The summed E-state index contributed by atoms with van der Waals surface area (Å²) >= 11 is 6.04. The monoisotopic (exact) mass is 386 g/mol. The highest BCUT2D eigenvalue weighted by Gasteiger charge is 2.29. The molecular weight excluding hydrogens is 368 g/mol. The minimum Gasteiger partial charge on any atom is -0.295 e. The number of amides is 1. The van der Waals surface area contributed by atoms with Gasteiger partial charge in [-0.15, -0.1) is 0 Å². The van der Waals surface area contributed by atoms with E-state index in [1.165, 1.54) is 0 Å². The number of carbonyl (C=O) groups excluding carboxylic acids is 1. The molecule has 0 unspecified atom stereocenters. The second-order valence-corrected chi connectivity index (χ2v) is 6.94. The Labute approximate surface area is 169 Å². The van der Waals surface area contributed by atoms with Crippen LogP contribution in [0.2, 0.25) is 5.02 Å². The number of benzene rings is 3. The van der Waals surface area contributed by atoms with Gasteiger partial charge in [0, 0.05) is 11.1 Å². The van der Waals surface area contributed by atoms with Gasteiger partial charge >= 0.3 is 0 Å². The first-order valence-corrected chi connectivity index (χ1v) is 9.44. The highest BCUT2D eigenvalue weighted by molar-refractivity contribution is 6.30. The van der Waals surface area contributed by atoms with E-state index >= 15 is 0 Å². The van der Waals surface area contributed by atoms with Crippen LogP contribution in [0.5, 0.6) is 0 Å². The second kappa shape index (κ2) is 8.15. The average Bonchev–Trinajstić information content (AvgIpc) is 3.19. The third-order valence-corrected chi connectivity index (χ3v) is 4.85. The molecular formula is C24H19ClN2O. The number of halogens is 1. The smallest absolute Gasteiger partial charge is 0.265 e. The standard InChI is InChI=1S/C24H19ClN2O/c25-21-14-12-20(13-15-21)23-17-22(19-9-5-2-6-10-19)26-27(23)24(28)16-11-18-7-3-1-4-8-18/h1-17,23,26H/b16-11+/t23-/m1/s1. The van der Waals surface area contributed by atoms with Gasteiger partial charge in [0.15, 0.2) is 0 Å². The second-order valence-electron chi connectivity index (χ2n) is 6.51. The lowest BCUT2D eigenvalue weighted by Crippen LogP contribution is -2.38. The van der Waals surface area contributed by atoms with Crippen LogP contribution in [0.3, 0.4) is 0 Å². The largest absolute Gasteiger partial charge is 0.295 e. The summed E-state index contributed by atoms with van der Waals surface area (Å²) in [5, 5.41) is 2.31. The summed E-state index contributed by atoms with van der Waals surface area (Å²) in [6.07, 6.45) is 5.48. The van der Waals surface area contributed by atoms with Gasteiger partial charge in [0.1, 0.15) is 0 Å². The van der Waals surface area contributed by atoms with Crippen LogP contribution in [0.15, 0.2) is 97.1 Å². The quantitative estimate of drug-likeness (QED) is 0.602. The molecule has 138 valence electrons. The van der Waals surface area contributed by atoms with Crippen molar-refractivity contribution in [3.05, 3.63) is 119 Å². The predicted octanol–water partition coefficient (Wildman–Crippen LogP) is 5.48. The van der Waals surface area contributed by atoms with Crippen LogP contribution >= 0.6 is 11.6 Å². The van der Waals surface area contributed by atoms with Crippen LogP contribution in [0.25, 0.3) is 11.8 Å². The Kier molecular flexibility index (Phi) is 5.27. The molecule has 0 fully saturated rings. The minimum absolute atomic E-state index is 0.119. The molecule has 1 N–H and O–H groups in total. The Morgan fingerprint density at radius 2 is 1.54 bits per heavy atom. The van der Waals surface area contributed by atoms with E-state index in [0.717, 1.165) is 22.4 Å². The fraction of sp³-hybridized carbons (Fsp3) is 0.0417. The van der Waals surface area contributed by atoms with Crippen molar-refractivity contribution in [3.8, 4) is 0 Å². The van der Waals surface area contributed by atoms with E-state index in [0.29, 0.717) is 5.02 Å². The molecule has 3 nitrogen and oxygen atoms in total. The number of carbonyl (C=O) groups is 1. The summed E-state index contributed by atoms with van der Waals surface area (Å²) in [7, 11) is 0. The van der Waals surface area contributed by atoms with E-state index in [2.05, 4.69) is 11.5 Å². The van der Waals surface area contributed by atoms with Gasteiger partial charge in [0.2, 0.25) is 0 Å². The molecule has 1 aliphatic rings. The molecule has 3 aromatic rings. The summed E-state index contributed by atoms with van der Waals surface area (Å²) in [5.74, 6) is -0.119. The molecule has 0 radical (unpaired) electrons. The molecule has 3 aromatic carbocycles. The molecule has 0 aromatic heterocycles. The topological polar surface area (TPSA) is 32.3 Å². The first-order chi connectivity index (χ1) is 13.7. The molecule has 1 heterocycles. The third-order valence-electron chi connectivity index (χ3n) is 4.60.